The molecule has 3 nitrogen and oxygen atoms in total. The van der Waals surface area contributed by atoms with E-state index in [2.05, 4.69) is 19.9 Å². The molecule has 1 heterocycles. The van der Waals surface area contributed by atoms with Gasteiger partial charge in [-0.1, -0.05) is 72.8 Å². The molecule has 0 unspecified atom stereocenters. The molecule has 0 aromatic heterocycles. The van der Waals surface area contributed by atoms with Gasteiger partial charge in [-0.3, -0.25) is 9.63 Å². The van der Waals surface area contributed by atoms with Crippen LogP contribution in [-0.4, -0.2) is 11.4 Å². The van der Waals surface area contributed by atoms with Gasteiger partial charge >= 0.3 is 0 Å². The zero-order valence-electron chi connectivity index (χ0n) is 15.4. The maximum absolute atomic E-state index is 14.0. The van der Waals surface area contributed by atoms with E-state index < -0.39 is 11.1 Å². The van der Waals surface area contributed by atoms with Gasteiger partial charge in [-0.05, 0) is 37.1 Å². The van der Waals surface area contributed by atoms with Crippen molar-refractivity contribution >= 4 is 11.5 Å². The summed E-state index contributed by atoms with van der Waals surface area (Å²) < 4.78 is 0. The second-order valence-corrected chi connectivity index (χ2v) is 7.81. The van der Waals surface area contributed by atoms with Gasteiger partial charge in [0.05, 0.1) is 11.6 Å². The summed E-state index contributed by atoms with van der Waals surface area (Å²) in [7, 11) is 0. The molecule has 0 amide bonds. The third-order valence-electron chi connectivity index (χ3n) is 5.83. The highest BCUT2D eigenvalue weighted by molar-refractivity contribution is 6.11. The maximum atomic E-state index is 14.0. The van der Waals surface area contributed by atoms with Gasteiger partial charge in [0.25, 0.3) is 0 Å². The lowest BCUT2D eigenvalue weighted by atomic mass is 9.71. The second-order valence-electron chi connectivity index (χ2n) is 7.81. The Bertz CT molecular complexity index is 1010. The highest BCUT2D eigenvalue weighted by Crippen LogP contribution is 2.62. The summed E-state index contributed by atoms with van der Waals surface area (Å²) in [5, 5.41) is 1.86. The number of fused-ring (bicyclic) bond motifs is 3. The first-order chi connectivity index (χ1) is 13.1. The quantitative estimate of drug-likeness (QED) is 0.641. The number of benzene rings is 3. The van der Waals surface area contributed by atoms with E-state index in [-0.39, 0.29) is 11.7 Å². The van der Waals surface area contributed by atoms with Crippen LogP contribution < -0.4 is 5.06 Å². The van der Waals surface area contributed by atoms with Crippen LogP contribution in [0, 0.1) is 0 Å². The topological polar surface area (TPSA) is 29.5 Å². The lowest BCUT2D eigenvalue weighted by Crippen LogP contribution is -2.47. The molecule has 1 saturated heterocycles. The van der Waals surface area contributed by atoms with Crippen LogP contribution in [0.4, 0.5) is 5.69 Å². The summed E-state index contributed by atoms with van der Waals surface area (Å²) in [6, 6.07) is 27.9. The van der Waals surface area contributed by atoms with E-state index in [0.29, 0.717) is 0 Å². The number of hydrogen-bond acceptors (Lipinski definition) is 3. The minimum Gasteiger partial charge on any atom is -0.291 e. The number of para-hydroxylation sites is 1. The van der Waals surface area contributed by atoms with Gasteiger partial charge in [0.2, 0.25) is 0 Å². The van der Waals surface area contributed by atoms with Gasteiger partial charge in [-0.25, -0.2) is 5.06 Å². The lowest BCUT2D eigenvalue weighted by molar-refractivity contribution is 0.00559. The molecule has 2 aliphatic rings. The molecule has 2 atom stereocenters. The zero-order valence-corrected chi connectivity index (χ0v) is 15.4. The largest absolute Gasteiger partial charge is 0.291 e. The van der Waals surface area contributed by atoms with E-state index in [1.807, 2.05) is 83.9 Å². The molecule has 3 heteroatoms. The second kappa shape index (κ2) is 5.54. The average molecular weight is 355 g/mol. The van der Waals surface area contributed by atoms with E-state index in [0.717, 1.165) is 22.4 Å². The Morgan fingerprint density at radius 1 is 0.815 bits per heavy atom. The molecule has 0 N–H and O–H groups in total. The number of hydroxylamine groups is 1. The SMILES string of the molecule is CC1(C)ON(c2ccccc2)[C@]2(c3ccccc3)C(=O)c3ccccc3[C@H]12. The van der Waals surface area contributed by atoms with Crippen molar-refractivity contribution in [1.82, 2.24) is 0 Å². The predicted octanol–water partition coefficient (Wildman–Crippen LogP) is 5.09. The average Bonchev–Trinajstić information content (AvgIpc) is 3.13. The number of carbonyl (C=O) groups excluding carboxylic acids is 1. The molecule has 134 valence electrons. The van der Waals surface area contributed by atoms with E-state index >= 15 is 0 Å². The van der Waals surface area contributed by atoms with Crippen LogP contribution in [0.1, 0.15) is 41.3 Å². The van der Waals surface area contributed by atoms with Crippen LogP contribution >= 0.6 is 0 Å². The molecular formula is C24H21NO2. The van der Waals surface area contributed by atoms with Crippen molar-refractivity contribution in [3.63, 3.8) is 0 Å². The Kier molecular flexibility index (Phi) is 3.34. The maximum Gasteiger partial charge on any atom is 0.196 e. The highest BCUT2D eigenvalue weighted by Gasteiger charge is 2.69. The number of hydrogen-bond donors (Lipinski definition) is 0. The van der Waals surface area contributed by atoms with Gasteiger partial charge < -0.3 is 0 Å². The molecule has 0 radical (unpaired) electrons. The third kappa shape index (κ3) is 2.03. The van der Waals surface area contributed by atoms with Crippen molar-refractivity contribution < 1.29 is 9.63 Å². The molecule has 1 fully saturated rings. The van der Waals surface area contributed by atoms with Crippen molar-refractivity contribution in [3.8, 4) is 0 Å². The molecule has 1 aliphatic heterocycles. The van der Waals surface area contributed by atoms with Crippen LogP contribution in [0.25, 0.3) is 0 Å². The standard InChI is InChI=1S/C24H21NO2/c1-23(2)21-19-15-9-10-16-20(19)22(26)24(21,17-11-5-3-6-12-17)25(27-23)18-13-7-4-8-14-18/h3-16,21H,1-2H3/t21-,24+/m1/s1. The fraction of sp³-hybridized carbons (Fsp3) is 0.208. The van der Waals surface area contributed by atoms with Crippen molar-refractivity contribution in [2.45, 2.75) is 30.9 Å². The Morgan fingerprint density at radius 3 is 2.11 bits per heavy atom. The number of rotatable bonds is 2. The van der Waals surface area contributed by atoms with E-state index in [1.165, 1.54) is 0 Å². The van der Waals surface area contributed by atoms with Gasteiger partial charge in [0, 0.05) is 5.56 Å². The van der Waals surface area contributed by atoms with Gasteiger partial charge in [-0.15, -0.1) is 0 Å². The minimum atomic E-state index is -0.907. The van der Waals surface area contributed by atoms with Gasteiger partial charge in [0.1, 0.15) is 5.60 Å². The van der Waals surface area contributed by atoms with Crippen LogP contribution in [0.2, 0.25) is 0 Å². The summed E-state index contributed by atoms with van der Waals surface area (Å²) in [6.45, 7) is 4.15. The van der Waals surface area contributed by atoms with Crippen LogP contribution in [0.5, 0.6) is 0 Å². The third-order valence-corrected chi connectivity index (χ3v) is 5.83. The molecule has 0 bridgehead atoms. The van der Waals surface area contributed by atoms with E-state index in [4.69, 9.17) is 4.84 Å². The van der Waals surface area contributed by atoms with Crippen molar-refractivity contribution in [2.24, 2.45) is 0 Å². The van der Waals surface area contributed by atoms with E-state index in [9.17, 15) is 4.79 Å². The summed E-state index contributed by atoms with van der Waals surface area (Å²) >= 11 is 0. The van der Waals surface area contributed by atoms with Gasteiger partial charge in [0.15, 0.2) is 11.3 Å². The van der Waals surface area contributed by atoms with Crippen molar-refractivity contribution in [2.75, 3.05) is 5.06 Å². The molecule has 0 spiro atoms. The van der Waals surface area contributed by atoms with Crippen LogP contribution in [-0.2, 0) is 10.4 Å². The predicted molar refractivity (Wildman–Crippen MR) is 106 cm³/mol. The van der Waals surface area contributed by atoms with Crippen molar-refractivity contribution in [1.29, 1.82) is 0 Å². The Labute approximate surface area is 159 Å². The summed E-state index contributed by atoms with van der Waals surface area (Å²) in [5.41, 5.74) is 2.27. The molecular weight excluding hydrogens is 334 g/mol. The first-order valence-corrected chi connectivity index (χ1v) is 9.30. The molecule has 3 aromatic rings. The molecule has 5 rings (SSSR count). The lowest BCUT2D eigenvalue weighted by Gasteiger charge is -2.36. The monoisotopic (exact) mass is 355 g/mol. The summed E-state index contributed by atoms with van der Waals surface area (Å²) in [5.74, 6) is 0.0000317. The van der Waals surface area contributed by atoms with Gasteiger partial charge in [-0.2, -0.15) is 0 Å². The first-order valence-electron chi connectivity index (χ1n) is 9.30. The number of carbonyl (C=O) groups is 1. The Balaban J connectivity index is 1.85. The fourth-order valence-corrected chi connectivity index (χ4v) is 4.89. The van der Waals surface area contributed by atoms with Crippen LogP contribution in [0.15, 0.2) is 84.9 Å². The number of Topliss-reactive ketones (excluding diaryl/α,β-unsaturated/α-hetero) is 1. The normalized spacial score (nSPS) is 25.3. The number of ketones is 1. The minimum absolute atomic E-state index is 0.101. The summed E-state index contributed by atoms with van der Waals surface area (Å²) in [4.78, 5) is 20.4. The first kappa shape index (κ1) is 16.3. The number of anilines is 1. The Hall–Kier alpha value is -2.91. The highest BCUT2D eigenvalue weighted by atomic mass is 16.7. The Morgan fingerprint density at radius 2 is 1.41 bits per heavy atom. The fourth-order valence-electron chi connectivity index (χ4n) is 4.89. The molecule has 27 heavy (non-hydrogen) atoms. The molecule has 3 aromatic carbocycles. The molecule has 1 aliphatic carbocycles. The molecule has 0 saturated carbocycles. The van der Waals surface area contributed by atoms with E-state index in [1.54, 1.807) is 0 Å². The summed E-state index contributed by atoms with van der Waals surface area (Å²) in [6.07, 6.45) is 0. The smallest absolute Gasteiger partial charge is 0.196 e. The number of nitrogens with zero attached hydrogens (tertiary/aromatic N) is 1. The van der Waals surface area contributed by atoms with Crippen LogP contribution in [0.3, 0.4) is 0 Å². The van der Waals surface area contributed by atoms with Crippen molar-refractivity contribution in [3.05, 3.63) is 102 Å². The zero-order chi connectivity index (χ0) is 18.6.